The summed E-state index contributed by atoms with van der Waals surface area (Å²) in [6.07, 6.45) is 6.11. The number of hydrogen-bond donors (Lipinski definition) is 1. The van der Waals surface area contributed by atoms with Crippen LogP contribution in [0.3, 0.4) is 0 Å². The van der Waals surface area contributed by atoms with Gasteiger partial charge in [-0.1, -0.05) is 18.5 Å². The average molecular weight is 465 g/mol. The second-order valence-corrected chi connectivity index (χ2v) is 11.7. The summed E-state index contributed by atoms with van der Waals surface area (Å²) in [5.41, 5.74) is 0.908. The largest absolute Gasteiger partial charge is 0.598 e. The minimum atomic E-state index is -1.23. The number of aromatic nitrogens is 2. The molecule has 0 bridgehead atoms. The SMILES string of the molecule is CCC(N[S+]([O-])C(C)(C)C)c1cnc(OC2CN(C(=O)C3CC3)C2)c2cnc(Cl)cc12. The summed E-state index contributed by atoms with van der Waals surface area (Å²) in [7, 11) is 0. The number of rotatable bonds is 7. The summed E-state index contributed by atoms with van der Waals surface area (Å²) in [6, 6.07) is 1.65. The third-order valence-electron chi connectivity index (χ3n) is 5.69. The Kier molecular flexibility index (Phi) is 6.36. The third kappa shape index (κ3) is 4.92. The zero-order valence-corrected chi connectivity index (χ0v) is 19.9. The Morgan fingerprint density at radius 1 is 1.32 bits per heavy atom. The van der Waals surface area contributed by atoms with Gasteiger partial charge in [0.2, 0.25) is 11.8 Å². The number of halogens is 1. The maximum absolute atomic E-state index is 12.7. The number of ether oxygens (including phenoxy) is 1. The topological polar surface area (TPSA) is 90.4 Å². The van der Waals surface area contributed by atoms with E-state index in [1.165, 1.54) is 0 Å². The molecule has 0 aromatic carbocycles. The van der Waals surface area contributed by atoms with E-state index in [9.17, 15) is 9.35 Å². The lowest BCUT2D eigenvalue weighted by Crippen LogP contribution is -2.56. The molecule has 1 N–H and O–H groups in total. The molecule has 168 valence electrons. The summed E-state index contributed by atoms with van der Waals surface area (Å²) < 4.78 is 21.7. The first kappa shape index (κ1) is 22.6. The van der Waals surface area contributed by atoms with Crippen LogP contribution in [0.5, 0.6) is 5.88 Å². The predicted octanol–water partition coefficient (Wildman–Crippen LogP) is 3.79. The molecule has 3 heterocycles. The van der Waals surface area contributed by atoms with Crippen molar-refractivity contribution >= 4 is 39.6 Å². The number of hydrogen-bond acceptors (Lipinski definition) is 6. The van der Waals surface area contributed by atoms with Gasteiger partial charge in [-0.25, -0.2) is 9.97 Å². The maximum Gasteiger partial charge on any atom is 0.225 e. The normalized spacial score (nSPS) is 19.2. The molecule has 1 saturated heterocycles. The maximum atomic E-state index is 12.7. The smallest absolute Gasteiger partial charge is 0.225 e. The quantitative estimate of drug-likeness (QED) is 0.495. The van der Waals surface area contributed by atoms with Gasteiger partial charge in [-0.15, -0.1) is 4.72 Å². The minimum Gasteiger partial charge on any atom is -0.598 e. The molecule has 7 nitrogen and oxygen atoms in total. The summed E-state index contributed by atoms with van der Waals surface area (Å²) >= 11 is 4.98. The fraction of sp³-hybridized carbons (Fsp3) is 0.591. The first-order valence-electron chi connectivity index (χ1n) is 10.7. The van der Waals surface area contributed by atoms with E-state index in [0.29, 0.717) is 24.1 Å². The van der Waals surface area contributed by atoms with Crippen LogP contribution in [0.25, 0.3) is 10.8 Å². The Morgan fingerprint density at radius 3 is 2.65 bits per heavy atom. The van der Waals surface area contributed by atoms with Crippen molar-refractivity contribution in [1.29, 1.82) is 0 Å². The highest BCUT2D eigenvalue weighted by atomic mass is 35.5. The number of carbonyl (C=O) groups is 1. The van der Waals surface area contributed by atoms with Crippen LogP contribution in [-0.4, -0.2) is 49.3 Å². The van der Waals surface area contributed by atoms with Crippen LogP contribution < -0.4 is 9.46 Å². The van der Waals surface area contributed by atoms with Crippen LogP contribution in [0, 0.1) is 5.92 Å². The third-order valence-corrected chi connectivity index (χ3v) is 7.50. The van der Waals surface area contributed by atoms with Crippen molar-refractivity contribution in [2.24, 2.45) is 5.92 Å². The first-order valence-corrected chi connectivity index (χ1v) is 12.3. The minimum absolute atomic E-state index is 0.0755. The van der Waals surface area contributed by atoms with Crippen LogP contribution >= 0.6 is 11.6 Å². The summed E-state index contributed by atoms with van der Waals surface area (Å²) in [6.45, 7) is 9.03. The van der Waals surface area contributed by atoms with Gasteiger partial charge in [0.25, 0.3) is 0 Å². The van der Waals surface area contributed by atoms with Crippen LogP contribution in [0.15, 0.2) is 18.5 Å². The monoisotopic (exact) mass is 464 g/mol. The highest BCUT2D eigenvalue weighted by molar-refractivity contribution is 7.90. The molecule has 1 amide bonds. The number of pyridine rings is 2. The number of fused-ring (bicyclic) bond motifs is 1. The van der Waals surface area contributed by atoms with E-state index in [1.807, 2.05) is 32.6 Å². The van der Waals surface area contributed by atoms with E-state index in [-0.39, 0.29) is 28.7 Å². The second-order valence-electron chi connectivity index (χ2n) is 9.29. The number of nitrogens with one attached hydrogen (secondary N) is 1. The number of carbonyl (C=O) groups excluding carboxylic acids is 1. The standard InChI is InChI=1S/C22H29ClN4O3S/c1-5-18(26-31(29)22(2,3)4)16-9-25-20(17-10-24-19(23)8-15(16)17)30-14-11-27(12-14)21(28)13-6-7-13/h8-10,13-14,18,26H,5-7,11-12H2,1-4H3. The molecule has 2 aromatic heterocycles. The zero-order chi connectivity index (χ0) is 22.3. The van der Waals surface area contributed by atoms with Gasteiger partial charge < -0.3 is 14.2 Å². The van der Waals surface area contributed by atoms with E-state index in [2.05, 4.69) is 14.7 Å². The van der Waals surface area contributed by atoms with Gasteiger partial charge in [-0.3, -0.25) is 4.79 Å². The molecule has 9 heteroatoms. The second kappa shape index (κ2) is 8.73. The van der Waals surface area contributed by atoms with Gasteiger partial charge in [0, 0.05) is 35.2 Å². The van der Waals surface area contributed by atoms with Gasteiger partial charge in [0.05, 0.1) is 24.5 Å². The molecular formula is C22H29ClN4O3S. The highest BCUT2D eigenvalue weighted by Crippen LogP contribution is 2.35. The number of amides is 1. The van der Waals surface area contributed by atoms with Crippen molar-refractivity contribution in [2.75, 3.05) is 13.1 Å². The highest BCUT2D eigenvalue weighted by Gasteiger charge is 2.40. The summed E-state index contributed by atoms with van der Waals surface area (Å²) in [5, 5.41) is 2.01. The lowest BCUT2D eigenvalue weighted by atomic mass is 10.0. The Hall–Kier alpha value is -1.61. The Labute approximate surface area is 191 Å². The van der Waals surface area contributed by atoms with Crippen LogP contribution in [0.4, 0.5) is 0 Å². The molecule has 0 spiro atoms. The average Bonchev–Trinajstić information content (AvgIpc) is 3.52. The van der Waals surface area contributed by atoms with Crippen LogP contribution in [0.2, 0.25) is 5.15 Å². The fourth-order valence-electron chi connectivity index (χ4n) is 3.59. The Morgan fingerprint density at radius 2 is 2.03 bits per heavy atom. The lowest BCUT2D eigenvalue weighted by molar-refractivity contribution is -0.141. The van der Waals surface area contributed by atoms with E-state index in [0.717, 1.165) is 35.6 Å². The first-order chi connectivity index (χ1) is 14.7. The lowest BCUT2D eigenvalue weighted by Gasteiger charge is -2.39. The van der Waals surface area contributed by atoms with Gasteiger partial charge >= 0.3 is 0 Å². The zero-order valence-electron chi connectivity index (χ0n) is 18.4. The van der Waals surface area contributed by atoms with E-state index in [1.54, 1.807) is 18.5 Å². The van der Waals surface area contributed by atoms with Gasteiger partial charge in [-0.05, 0) is 51.5 Å². The van der Waals surface area contributed by atoms with Gasteiger partial charge in [-0.2, -0.15) is 0 Å². The molecule has 0 radical (unpaired) electrons. The molecular weight excluding hydrogens is 436 g/mol. The number of likely N-dealkylation sites (tertiary alicyclic amines) is 1. The summed E-state index contributed by atoms with van der Waals surface area (Å²) in [5.74, 6) is 0.950. The molecule has 2 atom stereocenters. The van der Waals surface area contributed by atoms with Gasteiger partial charge in [0.1, 0.15) is 16.0 Å². The Bertz CT molecular complexity index is 973. The fourth-order valence-corrected chi connectivity index (χ4v) is 4.65. The van der Waals surface area contributed by atoms with Crippen molar-refractivity contribution in [1.82, 2.24) is 19.6 Å². The van der Waals surface area contributed by atoms with Crippen molar-refractivity contribution in [3.8, 4) is 5.88 Å². The molecule has 2 fully saturated rings. The van der Waals surface area contributed by atoms with Crippen LogP contribution in [-0.2, 0) is 16.2 Å². The molecule has 2 unspecified atom stereocenters. The summed E-state index contributed by atoms with van der Waals surface area (Å²) in [4.78, 5) is 22.8. The van der Waals surface area contributed by atoms with Crippen molar-refractivity contribution in [3.63, 3.8) is 0 Å². The molecule has 1 aliphatic carbocycles. The van der Waals surface area contributed by atoms with Crippen LogP contribution in [0.1, 0.15) is 58.6 Å². The molecule has 2 aromatic rings. The van der Waals surface area contributed by atoms with E-state index < -0.39 is 11.4 Å². The van der Waals surface area contributed by atoms with Crippen molar-refractivity contribution in [2.45, 2.75) is 63.9 Å². The molecule has 4 rings (SSSR count). The molecule has 2 aliphatic rings. The van der Waals surface area contributed by atoms with E-state index >= 15 is 0 Å². The molecule has 31 heavy (non-hydrogen) atoms. The molecule has 1 saturated carbocycles. The van der Waals surface area contributed by atoms with E-state index in [4.69, 9.17) is 16.3 Å². The Balaban J connectivity index is 1.56. The molecule has 1 aliphatic heterocycles. The van der Waals surface area contributed by atoms with Crippen molar-refractivity contribution < 1.29 is 14.1 Å². The van der Waals surface area contributed by atoms with Gasteiger partial charge in [0.15, 0.2) is 0 Å². The predicted molar refractivity (Wildman–Crippen MR) is 122 cm³/mol. The number of nitrogens with zero attached hydrogens (tertiary/aromatic N) is 3. The van der Waals surface area contributed by atoms with Crippen molar-refractivity contribution in [3.05, 3.63) is 29.2 Å².